The van der Waals surface area contributed by atoms with Gasteiger partial charge in [0.2, 0.25) is 5.91 Å². The minimum absolute atomic E-state index is 0.130. The lowest BCUT2D eigenvalue weighted by Crippen LogP contribution is -2.46. The molecule has 0 spiro atoms. The first kappa shape index (κ1) is 15.8. The standard InChI is InChI=1S/C18H23N3O2S/c22-14-7-11-20(12-8-14)17(23)13-5-9-21(10-6-13)18-19-15-3-1-2-4-16(15)24-18/h1-4,13-14,22H,5-12H2. The monoisotopic (exact) mass is 345 g/mol. The zero-order valence-electron chi connectivity index (χ0n) is 13.7. The van der Waals surface area contributed by atoms with Gasteiger partial charge in [-0.3, -0.25) is 4.79 Å². The smallest absolute Gasteiger partial charge is 0.225 e. The fraction of sp³-hybridized carbons (Fsp3) is 0.556. The molecular formula is C18H23N3O2S. The zero-order chi connectivity index (χ0) is 16.5. The number of hydrogen-bond acceptors (Lipinski definition) is 5. The highest BCUT2D eigenvalue weighted by atomic mass is 32.1. The van der Waals surface area contributed by atoms with Crippen LogP contribution >= 0.6 is 11.3 Å². The number of likely N-dealkylation sites (tertiary alicyclic amines) is 1. The van der Waals surface area contributed by atoms with Crippen molar-refractivity contribution in [3.63, 3.8) is 0 Å². The van der Waals surface area contributed by atoms with Crippen LogP contribution in [0.15, 0.2) is 24.3 Å². The molecular weight excluding hydrogens is 322 g/mol. The van der Waals surface area contributed by atoms with Crippen molar-refractivity contribution < 1.29 is 9.90 Å². The minimum Gasteiger partial charge on any atom is -0.393 e. The molecule has 2 aliphatic rings. The summed E-state index contributed by atoms with van der Waals surface area (Å²) in [5.41, 5.74) is 1.06. The van der Waals surface area contributed by atoms with E-state index in [4.69, 9.17) is 4.98 Å². The number of thiazole rings is 1. The SMILES string of the molecule is O=C(C1CCN(c2nc3ccccc3s2)CC1)N1CCC(O)CC1. The van der Waals surface area contributed by atoms with Gasteiger partial charge < -0.3 is 14.9 Å². The number of aliphatic hydroxyl groups is 1. The van der Waals surface area contributed by atoms with Crippen LogP contribution in [-0.2, 0) is 4.79 Å². The molecule has 0 unspecified atom stereocenters. The average molecular weight is 345 g/mol. The molecule has 24 heavy (non-hydrogen) atoms. The van der Waals surface area contributed by atoms with Crippen LogP contribution in [0.1, 0.15) is 25.7 Å². The predicted octanol–water partition coefficient (Wildman–Crippen LogP) is 2.50. The van der Waals surface area contributed by atoms with Crippen molar-refractivity contribution >= 4 is 32.6 Å². The number of aromatic nitrogens is 1. The first-order valence-corrected chi connectivity index (χ1v) is 9.60. The summed E-state index contributed by atoms with van der Waals surface area (Å²) in [6, 6.07) is 8.23. The Hall–Kier alpha value is -1.66. The van der Waals surface area contributed by atoms with Gasteiger partial charge in [0, 0.05) is 32.1 Å². The van der Waals surface area contributed by atoms with E-state index in [0.29, 0.717) is 13.1 Å². The zero-order valence-corrected chi connectivity index (χ0v) is 14.5. The Balaban J connectivity index is 1.37. The maximum absolute atomic E-state index is 12.7. The van der Waals surface area contributed by atoms with E-state index in [-0.39, 0.29) is 17.9 Å². The second-order valence-electron chi connectivity index (χ2n) is 6.78. The minimum atomic E-state index is -0.227. The first-order chi connectivity index (χ1) is 11.7. The van der Waals surface area contributed by atoms with Crippen LogP contribution in [0.4, 0.5) is 5.13 Å². The Morgan fingerprint density at radius 1 is 1.08 bits per heavy atom. The normalized spacial score (nSPS) is 20.7. The Morgan fingerprint density at radius 2 is 1.79 bits per heavy atom. The molecule has 0 saturated carbocycles. The fourth-order valence-corrected chi connectivity index (χ4v) is 4.67. The maximum atomic E-state index is 12.7. The highest BCUT2D eigenvalue weighted by Gasteiger charge is 2.31. The summed E-state index contributed by atoms with van der Waals surface area (Å²) in [6.45, 7) is 3.20. The molecule has 2 saturated heterocycles. The Kier molecular flexibility index (Phi) is 4.41. The second kappa shape index (κ2) is 6.69. The maximum Gasteiger partial charge on any atom is 0.225 e. The number of fused-ring (bicyclic) bond motifs is 1. The summed E-state index contributed by atoms with van der Waals surface area (Å²) >= 11 is 1.73. The number of hydrogen-bond donors (Lipinski definition) is 1. The lowest BCUT2D eigenvalue weighted by Gasteiger charge is -2.36. The lowest BCUT2D eigenvalue weighted by molar-refractivity contribution is -0.138. The molecule has 2 fully saturated rings. The van der Waals surface area contributed by atoms with Gasteiger partial charge in [-0.1, -0.05) is 23.5 Å². The molecule has 1 aromatic heterocycles. The summed E-state index contributed by atoms with van der Waals surface area (Å²) in [5.74, 6) is 0.414. The van der Waals surface area contributed by atoms with Crippen molar-refractivity contribution in [1.82, 2.24) is 9.88 Å². The van der Waals surface area contributed by atoms with E-state index >= 15 is 0 Å². The van der Waals surface area contributed by atoms with Gasteiger partial charge in [0.25, 0.3) is 0 Å². The van der Waals surface area contributed by atoms with Crippen molar-refractivity contribution in [3.05, 3.63) is 24.3 Å². The van der Waals surface area contributed by atoms with Gasteiger partial charge >= 0.3 is 0 Å². The third-order valence-electron chi connectivity index (χ3n) is 5.17. The van der Waals surface area contributed by atoms with Crippen molar-refractivity contribution in [3.8, 4) is 0 Å². The number of rotatable bonds is 2. The van der Waals surface area contributed by atoms with E-state index in [1.807, 2.05) is 17.0 Å². The molecule has 0 aliphatic carbocycles. The molecule has 0 atom stereocenters. The number of nitrogens with zero attached hydrogens (tertiary/aromatic N) is 3. The number of carbonyl (C=O) groups excluding carboxylic acids is 1. The molecule has 2 aromatic rings. The molecule has 1 N–H and O–H groups in total. The number of amides is 1. The van der Waals surface area contributed by atoms with Crippen LogP contribution in [0.2, 0.25) is 0 Å². The van der Waals surface area contributed by atoms with Crippen LogP contribution in [0.25, 0.3) is 10.2 Å². The highest BCUT2D eigenvalue weighted by molar-refractivity contribution is 7.22. The van der Waals surface area contributed by atoms with Gasteiger partial charge in [-0.15, -0.1) is 0 Å². The molecule has 2 aliphatic heterocycles. The molecule has 6 heteroatoms. The molecule has 5 nitrogen and oxygen atoms in total. The largest absolute Gasteiger partial charge is 0.393 e. The summed E-state index contributed by atoms with van der Waals surface area (Å²) in [4.78, 5) is 21.6. The summed E-state index contributed by atoms with van der Waals surface area (Å²) < 4.78 is 1.22. The van der Waals surface area contributed by atoms with Gasteiger partial charge in [-0.2, -0.15) is 0 Å². The molecule has 1 aromatic carbocycles. The van der Waals surface area contributed by atoms with E-state index in [9.17, 15) is 9.90 Å². The van der Waals surface area contributed by atoms with E-state index in [2.05, 4.69) is 17.0 Å². The molecule has 128 valence electrons. The van der Waals surface area contributed by atoms with Gasteiger partial charge in [0.15, 0.2) is 5.13 Å². The Bertz CT molecular complexity index is 683. The molecule has 3 heterocycles. The molecule has 4 rings (SSSR count). The topological polar surface area (TPSA) is 56.7 Å². The molecule has 0 radical (unpaired) electrons. The van der Waals surface area contributed by atoms with Crippen LogP contribution < -0.4 is 4.90 Å². The van der Waals surface area contributed by atoms with Gasteiger partial charge in [0.05, 0.1) is 16.3 Å². The van der Waals surface area contributed by atoms with Crippen molar-refractivity contribution in [2.75, 3.05) is 31.1 Å². The third-order valence-corrected chi connectivity index (χ3v) is 6.27. The number of carbonyl (C=O) groups is 1. The van der Waals surface area contributed by atoms with Gasteiger partial charge in [-0.25, -0.2) is 4.98 Å². The Morgan fingerprint density at radius 3 is 2.50 bits per heavy atom. The number of benzene rings is 1. The quantitative estimate of drug-likeness (QED) is 0.909. The number of anilines is 1. The van der Waals surface area contributed by atoms with E-state index in [0.717, 1.165) is 49.4 Å². The summed E-state index contributed by atoms with van der Waals surface area (Å²) in [6.07, 6.45) is 3.00. The molecule has 0 bridgehead atoms. The van der Waals surface area contributed by atoms with Gasteiger partial charge in [0.1, 0.15) is 0 Å². The van der Waals surface area contributed by atoms with Crippen LogP contribution in [0.3, 0.4) is 0 Å². The van der Waals surface area contributed by atoms with Crippen LogP contribution in [0, 0.1) is 5.92 Å². The summed E-state index contributed by atoms with van der Waals surface area (Å²) in [7, 11) is 0. The Labute approximate surface area is 145 Å². The number of aliphatic hydroxyl groups excluding tert-OH is 1. The van der Waals surface area contributed by atoms with Crippen LogP contribution in [0.5, 0.6) is 0 Å². The van der Waals surface area contributed by atoms with E-state index in [1.54, 1.807) is 11.3 Å². The predicted molar refractivity (Wildman–Crippen MR) is 96.4 cm³/mol. The third kappa shape index (κ3) is 3.13. The fourth-order valence-electron chi connectivity index (χ4n) is 3.66. The van der Waals surface area contributed by atoms with Gasteiger partial charge in [-0.05, 0) is 37.8 Å². The number of para-hydroxylation sites is 1. The van der Waals surface area contributed by atoms with Crippen LogP contribution in [-0.4, -0.2) is 53.2 Å². The molecule has 1 amide bonds. The van der Waals surface area contributed by atoms with E-state index in [1.165, 1.54) is 4.70 Å². The second-order valence-corrected chi connectivity index (χ2v) is 7.79. The van der Waals surface area contributed by atoms with Crippen molar-refractivity contribution in [2.24, 2.45) is 5.92 Å². The summed E-state index contributed by atoms with van der Waals surface area (Å²) in [5, 5.41) is 10.7. The average Bonchev–Trinajstić information content (AvgIpc) is 3.06. The first-order valence-electron chi connectivity index (χ1n) is 8.78. The van der Waals surface area contributed by atoms with E-state index < -0.39 is 0 Å². The number of piperidine rings is 2. The van der Waals surface area contributed by atoms with Crippen molar-refractivity contribution in [1.29, 1.82) is 0 Å². The highest BCUT2D eigenvalue weighted by Crippen LogP contribution is 2.32. The van der Waals surface area contributed by atoms with Crippen molar-refractivity contribution in [2.45, 2.75) is 31.8 Å². The lowest BCUT2D eigenvalue weighted by atomic mass is 9.94.